The summed E-state index contributed by atoms with van der Waals surface area (Å²) < 4.78 is 11.5. The topological polar surface area (TPSA) is 30.5 Å². The Hall–Kier alpha value is -1.22. The van der Waals surface area contributed by atoms with Crippen molar-refractivity contribution in [3.8, 4) is 11.5 Å². The Kier molecular flexibility index (Phi) is 3.57. The molecular formula is C14H21NO2. The molecule has 3 nitrogen and oxygen atoms in total. The van der Waals surface area contributed by atoms with Gasteiger partial charge in [0.15, 0.2) is 17.2 Å². The van der Waals surface area contributed by atoms with E-state index in [4.69, 9.17) is 9.47 Å². The van der Waals surface area contributed by atoms with Crippen LogP contribution in [-0.4, -0.2) is 19.9 Å². The Morgan fingerprint density at radius 2 is 1.94 bits per heavy atom. The van der Waals surface area contributed by atoms with E-state index in [1.54, 1.807) is 7.11 Å². The second-order valence-corrected chi connectivity index (χ2v) is 4.52. The minimum atomic E-state index is -0.241. The molecule has 0 radical (unpaired) electrons. The first-order valence-electron chi connectivity index (χ1n) is 6.26. The van der Waals surface area contributed by atoms with Crippen LogP contribution in [0.15, 0.2) is 24.3 Å². The quantitative estimate of drug-likeness (QED) is 0.769. The van der Waals surface area contributed by atoms with Crippen molar-refractivity contribution in [1.82, 2.24) is 5.32 Å². The van der Waals surface area contributed by atoms with E-state index in [1.165, 1.54) is 12.8 Å². The number of benzene rings is 1. The van der Waals surface area contributed by atoms with Crippen LogP contribution < -0.4 is 14.8 Å². The summed E-state index contributed by atoms with van der Waals surface area (Å²) in [6, 6.07) is 7.82. The molecule has 0 bridgehead atoms. The Morgan fingerprint density at radius 1 is 1.29 bits per heavy atom. The minimum absolute atomic E-state index is 0.241. The first kappa shape index (κ1) is 12.2. The van der Waals surface area contributed by atoms with Gasteiger partial charge in [0.25, 0.3) is 0 Å². The zero-order chi connectivity index (χ0) is 12.3. The fourth-order valence-corrected chi connectivity index (χ4v) is 2.33. The van der Waals surface area contributed by atoms with Crippen LogP contribution in [0.25, 0.3) is 0 Å². The number of para-hydroxylation sites is 2. The van der Waals surface area contributed by atoms with Crippen molar-refractivity contribution in [2.45, 2.75) is 31.9 Å². The summed E-state index contributed by atoms with van der Waals surface area (Å²) in [6.45, 7) is 2.16. The molecule has 0 saturated heterocycles. The molecule has 1 aromatic carbocycles. The van der Waals surface area contributed by atoms with Crippen LogP contribution in [0, 0.1) is 5.92 Å². The molecule has 0 heterocycles. The molecule has 0 amide bonds. The first-order chi connectivity index (χ1) is 8.25. The number of ether oxygens (including phenoxy) is 2. The lowest BCUT2D eigenvalue weighted by molar-refractivity contribution is 0.0117. The largest absolute Gasteiger partial charge is 0.493 e. The molecular weight excluding hydrogens is 214 g/mol. The van der Waals surface area contributed by atoms with Gasteiger partial charge in [-0.2, -0.15) is 0 Å². The number of methoxy groups -OCH3 is 1. The third-order valence-corrected chi connectivity index (χ3v) is 3.55. The van der Waals surface area contributed by atoms with Gasteiger partial charge in [0.05, 0.1) is 7.11 Å². The first-order valence-corrected chi connectivity index (χ1v) is 6.26. The van der Waals surface area contributed by atoms with Crippen LogP contribution in [0.4, 0.5) is 0 Å². The van der Waals surface area contributed by atoms with Crippen molar-refractivity contribution >= 4 is 0 Å². The highest BCUT2D eigenvalue weighted by Crippen LogP contribution is 2.43. The second kappa shape index (κ2) is 4.96. The van der Waals surface area contributed by atoms with E-state index >= 15 is 0 Å². The molecule has 1 aliphatic carbocycles. The molecule has 2 rings (SSSR count). The summed E-state index contributed by atoms with van der Waals surface area (Å²) >= 11 is 0. The molecule has 1 N–H and O–H groups in total. The lowest BCUT2D eigenvalue weighted by atomic mass is 10.1. The summed E-state index contributed by atoms with van der Waals surface area (Å²) in [5.74, 6) is 2.22. The zero-order valence-electron chi connectivity index (χ0n) is 10.8. The number of hydrogen-bond acceptors (Lipinski definition) is 3. The molecule has 17 heavy (non-hydrogen) atoms. The third kappa shape index (κ3) is 2.39. The summed E-state index contributed by atoms with van der Waals surface area (Å²) in [5.41, 5.74) is -0.241. The average molecular weight is 235 g/mol. The Morgan fingerprint density at radius 3 is 2.41 bits per heavy atom. The van der Waals surface area contributed by atoms with E-state index < -0.39 is 0 Å². The summed E-state index contributed by atoms with van der Waals surface area (Å²) in [7, 11) is 3.64. The fourth-order valence-electron chi connectivity index (χ4n) is 2.33. The maximum absolute atomic E-state index is 6.21. The summed E-state index contributed by atoms with van der Waals surface area (Å²) in [5, 5.41) is 3.35. The summed E-state index contributed by atoms with van der Waals surface area (Å²) in [6.07, 6.45) is 3.43. The number of hydrogen-bond donors (Lipinski definition) is 1. The van der Waals surface area contributed by atoms with E-state index in [0.29, 0.717) is 5.92 Å². The Labute approximate surface area is 103 Å². The fraction of sp³-hybridized carbons (Fsp3) is 0.571. The van der Waals surface area contributed by atoms with Gasteiger partial charge >= 0.3 is 0 Å². The van der Waals surface area contributed by atoms with Gasteiger partial charge in [0, 0.05) is 5.92 Å². The highest BCUT2D eigenvalue weighted by Gasteiger charge is 2.45. The molecule has 0 spiro atoms. The molecule has 1 unspecified atom stereocenters. The molecule has 1 fully saturated rings. The van der Waals surface area contributed by atoms with Gasteiger partial charge < -0.3 is 9.47 Å². The van der Waals surface area contributed by atoms with Crippen molar-refractivity contribution < 1.29 is 9.47 Å². The zero-order valence-corrected chi connectivity index (χ0v) is 10.8. The predicted octanol–water partition coefficient (Wildman–Crippen LogP) is 2.81. The van der Waals surface area contributed by atoms with Crippen LogP contribution in [0.3, 0.4) is 0 Å². The van der Waals surface area contributed by atoms with Gasteiger partial charge in [0.1, 0.15) is 0 Å². The van der Waals surface area contributed by atoms with Crippen LogP contribution in [0.5, 0.6) is 11.5 Å². The van der Waals surface area contributed by atoms with Gasteiger partial charge in [-0.3, -0.25) is 5.32 Å². The lowest BCUT2D eigenvalue weighted by Crippen LogP contribution is -2.50. The van der Waals surface area contributed by atoms with Crippen LogP contribution >= 0.6 is 0 Å². The standard InChI is InChI=1S/C14H21NO2/c1-4-14(15-2,11-9-10-11)17-13-8-6-5-7-12(13)16-3/h5-8,11,15H,4,9-10H2,1-3H3. The van der Waals surface area contributed by atoms with Crippen LogP contribution in [-0.2, 0) is 0 Å². The van der Waals surface area contributed by atoms with Crippen molar-refractivity contribution in [2.24, 2.45) is 5.92 Å². The Bertz CT molecular complexity index is 370. The maximum Gasteiger partial charge on any atom is 0.163 e. The van der Waals surface area contributed by atoms with Gasteiger partial charge in [0.2, 0.25) is 0 Å². The SMILES string of the molecule is CCC(NC)(Oc1ccccc1OC)C1CC1. The smallest absolute Gasteiger partial charge is 0.163 e. The van der Waals surface area contributed by atoms with E-state index in [2.05, 4.69) is 12.2 Å². The molecule has 0 aromatic heterocycles. The van der Waals surface area contributed by atoms with E-state index in [-0.39, 0.29) is 5.72 Å². The Balaban J connectivity index is 2.22. The molecule has 1 aromatic rings. The van der Waals surface area contributed by atoms with Crippen molar-refractivity contribution in [3.63, 3.8) is 0 Å². The monoisotopic (exact) mass is 235 g/mol. The molecule has 94 valence electrons. The third-order valence-electron chi connectivity index (χ3n) is 3.55. The summed E-state index contributed by atoms with van der Waals surface area (Å²) in [4.78, 5) is 0. The van der Waals surface area contributed by atoms with E-state index in [0.717, 1.165) is 17.9 Å². The van der Waals surface area contributed by atoms with Crippen LogP contribution in [0.2, 0.25) is 0 Å². The van der Waals surface area contributed by atoms with Crippen LogP contribution in [0.1, 0.15) is 26.2 Å². The van der Waals surface area contributed by atoms with E-state index in [9.17, 15) is 0 Å². The number of rotatable bonds is 6. The molecule has 1 atom stereocenters. The highest BCUT2D eigenvalue weighted by molar-refractivity contribution is 5.40. The predicted molar refractivity (Wildman–Crippen MR) is 68.4 cm³/mol. The maximum atomic E-state index is 6.21. The van der Waals surface area contributed by atoms with Gasteiger partial charge in [-0.15, -0.1) is 0 Å². The second-order valence-electron chi connectivity index (χ2n) is 4.52. The molecule has 0 aliphatic heterocycles. The lowest BCUT2D eigenvalue weighted by Gasteiger charge is -2.34. The molecule has 1 aliphatic rings. The van der Waals surface area contributed by atoms with E-state index in [1.807, 2.05) is 31.3 Å². The molecule has 1 saturated carbocycles. The van der Waals surface area contributed by atoms with Gasteiger partial charge in [-0.25, -0.2) is 0 Å². The minimum Gasteiger partial charge on any atom is -0.493 e. The van der Waals surface area contributed by atoms with Gasteiger partial charge in [-0.1, -0.05) is 19.1 Å². The normalized spacial score (nSPS) is 18.5. The average Bonchev–Trinajstić information content (AvgIpc) is 3.21. The van der Waals surface area contributed by atoms with Crippen molar-refractivity contribution in [1.29, 1.82) is 0 Å². The number of nitrogens with one attached hydrogen (secondary N) is 1. The molecule has 3 heteroatoms. The van der Waals surface area contributed by atoms with Crippen molar-refractivity contribution in [3.05, 3.63) is 24.3 Å². The van der Waals surface area contributed by atoms with Gasteiger partial charge in [-0.05, 0) is 38.4 Å². The van der Waals surface area contributed by atoms with Crippen molar-refractivity contribution in [2.75, 3.05) is 14.2 Å². The highest BCUT2D eigenvalue weighted by atomic mass is 16.5.